The Labute approximate surface area is 174 Å². The SMILES string of the molecule is CCOc1cc(/C=C(\C#N)C(=O)Nc2cccc(I)c2)cc(Br)c1OC. The smallest absolute Gasteiger partial charge is 0.266 e. The molecule has 26 heavy (non-hydrogen) atoms. The molecule has 2 aromatic carbocycles. The predicted octanol–water partition coefficient (Wildman–Crippen LogP) is 5.01. The summed E-state index contributed by atoms with van der Waals surface area (Å²) >= 11 is 5.58. The van der Waals surface area contributed by atoms with Gasteiger partial charge in [0.25, 0.3) is 5.91 Å². The second-order valence-electron chi connectivity index (χ2n) is 5.10. The Balaban J connectivity index is 2.33. The Morgan fingerprint density at radius 1 is 1.38 bits per heavy atom. The third-order valence-corrected chi connectivity index (χ3v) is 4.55. The Morgan fingerprint density at radius 3 is 2.77 bits per heavy atom. The van der Waals surface area contributed by atoms with Crippen molar-refractivity contribution in [1.82, 2.24) is 0 Å². The number of carbonyl (C=O) groups is 1. The van der Waals surface area contributed by atoms with Crippen LogP contribution in [0.15, 0.2) is 46.4 Å². The highest BCUT2D eigenvalue weighted by atomic mass is 127. The monoisotopic (exact) mass is 526 g/mol. The van der Waals surface area contributed by atoms with Crippen molar-refractivity contribution in [2.24, 2.45) is 0 Å². The molecule has 1 N–H and O–H groups in total. The van der Waals surface area contributed by atoms with Crippen molar-refractivity contribution in [1.29, 1.82) is 5.26 Å². The van der Waals surface area contributed by atoms with Gasteiger partial charge in [0.05, 0.1) is 18.2 Å². The summed E-state index contributed by atoms with van der Waals surface area (Å²) in [4.78, 5) is 12.4. The van der Waals surface area contributed by atoms with E-state index >= 15 is 0 Å². The maximum Gasteiger partial charge on any atom is 0.266 e. The topological polar surface area (TPSA) is 71.3 Å². The zero-order valence-electron chi connectivity index (χ0n) is 14.2. The van der Waals surface area contributed by atoms with E-state index in [1.807, 2.05) is 31.2 Å². The minimum absolute atomic E-state index is 0.0108. The summed E-state index contributed by atoms with van der Waals surface area (Å²) in [5.74, 6) is 0.621. The van der Waals surface area contributed by atoms with Gasteiger partial charge in [0.15, 0.2) is 11.5 Å². The van der Waals surface area contributed by atoms with Crippen LogP contribution in [0.5, 0.6) is 11.5 Å². The number of rotatable bonds is 6. The highest BCUT2D eigenvalue weighted by molar-refractivity contribution is 14.1. The highest BCUT2D eigenvalue weighted by Gasteiger charge is 2.13. The molecule has 2 aromatic rings. The van der Waals surface area contributed by atoms with Gasteiger partial charge in [0.1, 0.15) is 11.6 Å². The molecule has 2 rings (SSSR count). The van der Waals surface area contributed by atoms with E-state index in [0.29, 0.717) is 33.8 Å². The zero-order valence-corrected chi connectivity index (χ0v) is 17.9. The fraction of sp³-hybridized carbons (Fsp3) is 0.158. The summed E-state index contributed by atoms with van der Waals surface area (Å²) in [5.41, 5.74) is 1.27. The zero-order chi connectivity index (χ0) is 19.1. The molecule has 0 fully saturated rings. The Hall–Kier alpha value is -2.05. The second-order valence-corrected chi connectivity index (χ2v) is 7.20. The van der Waals surface area contributed by atoms with E-state index in [9.17, 15) is 10.1 Å². The van der Waals surface area contributed by atoms with Crippen LogP contribution in [-0.2, 0) is 4.79 Å². The van der Waals surface area contributed by atoms with Gasteiger partial charge in [-0.1, -0.05) is 6.07 Å². The Morgan fingerprint density at radius 2 is 2.15 bits per heavy atom. The highest BCUT2D eigenvalue weighted by Crippen LogP contribution is 2.37. The van der Waals surface area contributed by atoms with Crippen LogP contribution in [0, 0.1) is 14.9 Å². The first-order chi connectivity index (χ1) is 12.5. The molecule has 0 aliphatic heterocycles. The number of hydrogen-bond acceptors (Lipinski definition) is 4. The molecule has 0 radical (unpaired) electrons. The van der Waals surface area contributed by atoms with Gasteiger partial charge in [-0.2, -0.15) is 5.26 Å². The molecular weight excluding hydrogens is 511 g/mol. The molecule has 0 spiro atoms. The molecule has 0 aliphatic rings. The number of benzene rings is 2. The van der Waals surface area contributed by atoms with Gasteiger partial charge in [-0.3, -0.25) is 4.79 Å². The second kappa shape index (κ2) is 9.59. The minimum atomic E-state index is -0.473. The normalized spacial score (nSPS) is 10.8. The van der Waals surface area contributed by atoms with Gasteiger partial charge in [0, 0.05) is 9.26 Å². The number of nitrogens with one attached hydrogen (secondary N) is 1. The lowest BCUT2D eigenvalue weighted by molar-refractivity contribution is -0.112. The van der Waals surface area contributed by atoms with Gasteiger partial charge in [-0.05, 0) is 87.4 Å². The first-order valence-electron chi connectivity index (χ1n) is 7.67. The predicted molar refractivity (Wildman–Crippen MR) is 113 cm³/mol. The number of amides is 1. The van der Waals surface area contributed by atoms with Crippen LogP contribution in [0.2, 0.25) is 0 Å². The third-order valence-electron chi connectivity index (χ3n) is 3.29. The lowest BCUT2D eigenvalue weighted by atomic mass is 10.1. The first-order valence-corrected chi connectivity index (χ1v) is 9.54. The van der Waals surface area contributed by atoms with Crippen molar-refractivity contribution in [3.05, 3.63) is 55.6 Å². The van der Waals surface area contributed by atoms with Crippen molar-refractivity contribution in [2.75, 3.05) is 19.0 Å². The number of nitrogens with zero attached hydrogens (tertiary/aromatic N) is 1. The van der Waals surface area contributed by atoms with E-state index in [1.54, 1.807) is 25.3 Å². The van der Waals surface area contributed by atoms with Crippen molar-refractivity contribution in [3.63, 3.8) is 0 Å². The molecule has 5 nitrogen and oxygen atoms in total. The fourth-order valence-corrected chi connectivity index (χ4v) is 3.38. The number of hydrogen-bond donors (Lipinski definition) is 1. The van der Waals surface area contributed by atoms with Crippen molar-refractivity contribution >= 4 is 56.2 Å². The number of anilines is 1. The number of methoxy groups -OCH3 is 1. The maximum absolute atomic E-state index is 12.4. The quantitative estimate of drug-likeness (QED) is 0.326. The third kappa shape index (κ3) is 5.22. The van der Waals surface area contributed by atoms with E-state index < -0.39 is 5.91 Å². The van der Waals surface area contributed by atoms with Gasteiger partial charge >= 0.3 is 0 Å². The first kappa shape index (κ1) is 20.3. The molecular formula is C19H16BrIN2O3. The minimum Gasteiger partial charge on any atom is -0.492 e. The summed E-state index contributed by atoms with van der Waals surface area (Å²) in [6.45, 7) is 2.33. The molecule has 0 aliphatic carbocycles. The van der Waals surface area contributed by atoms with Gasteiger partial charge in [-0.15, -0.1) is 0 Å². The molecule has 0 aromatic heterocycles. The standard InChI is InChI=1S/C19H16BrIN2O3/c1-3-26-17-9-12(8-16(20)18(17)25-2)7-13(11-22)19(24)23-15-6-4-5-14(21)10-15/h4-10H,3H2,1-2H3,(H,23,24)/b13-7+. The number of carbonyl (C=O) groups excluding carboxylic acids is 1. The summed E-state index contributed by atoms with van der Waals surface area (Å²) in [6.07, 6.45) is 1.51. The van der Waals surface area contributed by atoms with E-state index in [4.69, 9.17) is 9.47 Å². The number of ether oxygens (including phenoxy) is 2. The summed E-state index contributed by atoms with van der Waals surface area (Å²) in [5, 5.41) is 12.1. The molecule has 0 saturated heterocycles. The number of nitriles is 1. The largest absolute Gasteiger partial charge is 0.492 e. The molecule has 0 unspecified atom stereocenters. The summed E-state index contributed by atoms with van der Waals surface area (Å²) in [7, 11) is 1.55. The van der Waals surface area contributed by atoms with Crippen molar-refractivity contribution < 1.29 is 14.3 Å². The molecule has 134 valence electrons. The van der Waals surface area contributed by atoms with Gasteiger partial charge < -0.3 is 14.8 Å². The van der Waals surface area contributed by atoms with E-state index in [1.165, 1.54) is 6.08 Å². The molecule has 0 heterocycles. The van der Waals surface area contributed by atoms with Crippen LogP contribution >= 0.6 is 38.5 Å². The molecule has 0 atom stereocenters. The lowest BCUT2D eigenvalue weighted by Crippen LogP contribution is -2.13. The van der Waals surface area contributed by atoms with Crippen LogP contribution in [0.3, 0.4) is 0 Å². The van der Waals surface area contributed by atoms with E-state index in [-0.39, 0.29) is 5.57 Å². The van der Waals surface area contributed by atoms with Crippen molar-refractivity contribution in [2.45, 2.75) is 6.92 Å². The maximum atomic E-state index is 12.4. The van der Waals surface area contributed by atoms with Crippen LogP contribution in [0.25, 0.3) is 6.08 Å². The van der Waals surface area contributed by atoms with Crippen LogP contribution in [0.1, 0.15) is 12.5 Å². The Bertz CT molecular complexity index is 891. The Kier molecular flexibility index (Phi) is 7.48. The van der Waals surface area contributed by atoms with E-state index in [0.717, 1.165) is 3.57 Å². The van der Waals surface area contributed by atoms with E-state index in [2.05, 4.69) is 43.8 Å². The van der Waals surface area contributed by atoms with Crippen LogP contribution in [0.4, 0.5) is 5.69 Å². The number of halogens is 2. The molecule has 1 amide bonds. The fourth-order valence-electron chi connectivity index (χ4n) is 2.21. The van der Waals surface area contributed by atoms with Crippen LogP contribution in [-0.4, -0.2) is 19.6 Å². The summed E-state index contributed by atoms with van der Waals surface area (Å²) < 4.78 is 12.5. The average molecular weight is 527 g/mol. The van der Waals surface area contributed by atoms with Crippen molar-refractivity contribution in [3.8, 4) is 17.6 Å². The molecule has 7 heteroatoms. The summed E-state index contributed by atoms with van der Waals surface area (Å²) in [6, 6.07) is 12.8. The molecule has 0 saturated carbocycles. The molecule has 0 bridgehead atoms. The van der Waals surface area contributed by atoms with Gasteiger partial charge in [0.2, 0.25) is 0 Å². The van der Waals surface area contributed by atoms with Gasteiger partial charge in [-0.25, -0.2) is 0 Å². The van der Waals surface area contributed by atoms with Crippen LogP contribution < -0.4 is 14.8 Å². The average Bonchev–Trinajstić information content (AvgIpc) is 2.59. The lowest BCUT2D eigenvalue weighted by Gasteiger charge is -2.12.